The second-order valence-electron chi connectivity index (χ2n) is 8.50. The number of rotatable bonds is 7. The summed E-state index contributed by atoms with van der Waals surface area (Å²) in [6.45, 7) is 2.59. The molecule has 0 aliphatic carbocycles. The molecule has 5 rings (SSSR count). The molecule has 34 heavy (non-hydrogen) atoms. The number of nitrogens with zero attached hydrogens (tertiary/aromatic N) is 3. The van der Waals surface area contributed by atoms with Gasteiger partial charge in [-0.25, -0.2) is 4.98 Å². The summed E-state index contributed by atoms with van der Waals surface area (Å²) < 4.78 is 7.16. The number of amides is 1. The van der Waals surface area contributed by atoms with Crippen LogP contribution in [0.4, 0.5) is 0 Å². The van der Waals surface area contributed by atoms with Gasteiger partial charge in [-0.2, -0.15) is 0 Å². The number of benzene rings is 2. The predicted molar refractivity (Wildman–Crippen MR) is 134 cm³/mol. The van der Waals surface area contributed by atoms with Gasteiger partial charge in [-0.3, -0.25) is 19.1 Å². The third kappa shape index (κ3) is 4.88. The lowest BCUT2D eigenvalue weighted by Crippen LogP contribution is -2.40. The molecule has 1 fully saturated rings. The number of thiophene rings is 1. The van der Waals surface area contributed by atoms with Crippen LogP contribution in [0.25, 0.3) is 20.7 Å². The summed E-state index contributed by atoms with van der Waals surface area (Å²) >= 11 is 1.39. The van der Waals surface area contributed by atoms with E-state index in [0.29, 0.717) is 10.2 Å². The Hall–Kier alpha value is -3.49. The van der Waals surface area contributed by atoms with Crippen molar-refractivity contribution in [2.75, 3.05) is 20.2 Å². The number of fused-ring (bicyclic) bond motifs is 1. The molecule has 2 aromatic carbocycles. The van der Waals surface area contributed by atoms with Crippen molar-refractivity contribution in [3.63, 3.8) is 0 Å². The maximum absolute atomic E-state index is 13.0. The molecule has 8 heteroatoms. The third-order valence-corrected chi connectivity index (χ3v) is 7.24. The molecule has 0 radical (unpaired) electrons. The minimum atomic E-state index is -0.193. The number of ether oxygens (including phenoxy) is 1. The van der Waals surface area contributed by atoms with E-state index in [9.17, 15) is 9.59 Å². The molecule has 2 aromatic heterocycles. The van der Waals surface area contributed by atoms with Crippen LogP contribution in [-0.2, 0) is 17.9 Å². The van der Waals surface area contributed by atoms with Crippen molar-refractivity contribution in [3.05, 3.63) is 82.9 Å². The maximum Gasteiger partial charge on any atom is 0.271 e. The Labute approximate surface area is 201 Å². The highest BCUT2D eigenvalue weighted by Crippen LogP contribution is 2.31. The van der Waals surface area contributed by atoms with E-state index in [4.69, 9.17) is 4.74 Å². The van der Waals surface area contributed by atoms with Crippen LogP contribution in [0.3, 0.4) is 0 Å². The number of carbonyl (C=O) groups excluding carboxylic acids is 1. The summed E-state index contributed by atoms with van der Waals surface area (Å²) in [6, 6.07) is 20.0. The maximum atomic E-state index is 13.0. The van der Waals surface area contributed by atoms with Gasteiger partial charge in [0.1, 0.15) is 17.0 Å². The number of carbonyl (C=O) groups is 1. The Balaban J connectivity index is 1.23. The Morgan fingerprint density at radius 2 is 1.97 bits per heavy atom. The van der Waals surface area contributed by atoms with Gasteiger partial charge in [-0.05, 0) is 47.9 Å². The van der Waals surface area contributed by atoms with Crippen LogP contribution in [-0.4, -0.2) is 46.6 Å². The molecule has 1 aliphatic rings. The van der Waals surface area contributed by atoms with Crippen molar-refractivity contribution in [1.29, 1.82) is 0 Å². The fraction of sp³-hybridized carbons (Fsp3) is 0.269. The topological polar surface area (TPSA) is 76.5 Å². The second-order valence-corrected chi connectivity index (χ2v) is 9.56. The van der Waals surface area contributed by atoms with Gasteiger partial charge in [-0.1, -0.05) is 30.3 Å². The number of methoxy groups -OCH3 is 1. The van der Waals surface area contributed by atoms with E-state index < -0.39 is 0 Å². The van der Waals surface area contributed by atoms with Crippen molar-refractivity contribution >= 4 is 27.5 Å². The number of nitrogens with one attached hydrogen (secondary N) is 1. The summed E-state index contributed by atoms with van der Waals surface area (Å²) in [5.41, 5.74) is 2.71. The van der Waals surface area contributed by atoms with Gasteiger partial charge in [0.25, 0.3) is 5.56 Å². The molecule has 1 aliphatic heterocycles. The number of hydrogen-bond donors (Lipinski definition) is 1. The van der Waals surface area contributed by atoms with Gasteiger partial charge >= 0.3 is 0 Å². The van der Waals surface area contributed by atoms with E-state index >= 15 is 0 Å². The predicted octanol–water partition coefficient (Wildman–Crippen LogP) is 3.52. The Morgan fingerprint density at radius 1 is 1.18 bits per heavy atom. The molecule has 1 atom stereocenters. The van der Waals surface area contributed by atoms with E-state index in [1.54, 1.807) is 7.11 Å². The molecule has 1 N–H and O–H groups in total. The van der Waals surface area contributed by atoms with E-state index in [2.05, 4.69) is 27.3 Å². The zero-order chi connectivity index (χ0) is 23.5. The van der Waals surface area contributed by atoms with Crippen molar-refractivity contribution in [3.8, 4) is 16.2 Å². The summed E-state index contributed by atoms with van der Waals surface area (Å²) in [5.74, 6) is 0.614. The molecule has 7 nitrogen and oxygen atoms in total. The van der Waals surface area contributed by atoms with Crippen LogP contribution in [0.1, 0.15) is 12.0 Å². The van der Waals surface area contributed by atoms with E-state index in [1.165, 1.54) is 27.8 Å². The lowest BCUT2D eigenvalue weighted by molar-refractivity contribution is -0.122. The summed E-state index contributed by atoms with van der Waals surface area (Å²) in [5, 5.41) is 3.08. The van der Waals surface area contributed by atoms with Crippen molar-refractivity contribution in [2.45, 2.75) is 25.6 Å². The fourth-order valence-corrected chi connectivity index (χ4v) is 5.38. The lowest BCUT2D eigenvalue weighted by atomic mass is 10.2. The van der Waals surface area contributed by atoms with Crippen molar-refractivity contribution in [2.24, 2.45) is 0 Å². The van der Waals surface area contributed by atoms with E-state index in [0.717, 1.165) is 42.2 Å². The molecule has 0 unspecified atom stereocenters. The first-order valence-corrected chi connectivity index (χ1v) is 12.1. The highest BCUT2D eigenvalue weighted by Gasteiger charge is 2.24. The first kappa shape index (κ1) is 22.3. The zero-order valence-electron chi connectivity index (χ0n) is 18.9. The van der Waals surface area contributed by atoms with Crippen molar-refractivity contribution in [1.82, 2.24) is 19.8 Å². The molecule has 0 bridgehead atoms. The average Bonchev–Trinajstić information content (AvgIpc) is 3.49. The summed E-state index contributed by atoms with van der Waals surface area (Å²) in [4.78, 5) is 33.4. The first-order valence-electron chi connectivity index (χ1n) is 11.3. The van der Waals surface area contributed by atoms with Crippen LogP contribution in [0.15, 0.2) is 71.8 Å². The molecule has 4 aromatic rings. The smallest absolute Gasteiger partial charge is 0.271 e. The minimum Gasteiger partial charge on any atom is -0.497 e. The highest BCUT2D eigenvalue weighted by atomic mass is 32.1. The standard InChI is InChI=1S/C26H26N4O3S/c1-33-21-9-7-19(8-10-21)23-13-22-25(34-23)26(32)30(17-27-22)16-24(31)28-20-11-12-29(15-20)14-18-5-3-2-4-6-18/h2-10,13,17,20H,11-12,14-16H2,1H3,(H,28,31)/t20-/m0/s1. The second kappa shape index (κ2) is 9.79. The Bertz CT molecular complexity index is 1350. The van der Waals surface area contributed by atoms with Gasteiger partial charge in [0, 0.05) is 30.6 Å². The van der Waals surface area contributed by atoms with Crippen LogP contribution in [0.5, 0.6) is 5.75 Å². The van der Waals surface area contributed by atoms with Crippen LogP contribution >= 0.6 is 11.3 Å². The van der Waals surface area contributed by atoms with Crippen molar-refractivity contribution < 1.29 is 9.53 Å². The van der Waals surface area contributed by atoms with Gasteiger partial charge in [0.2, 0.25) is 5.91 Å². The highest BCUT2D eigenvalue weighted by molar-refractivity contribution is 7.22. The average molecular weight is 475 g/mol. The molecular weight excluding hydrogens is 448 g/mol. The molecule has 174 valence electrons. The first-order chi connectivity index (χ1) is 16.6. The lowest BCUT2D eigenvalue weighted by Gasteiger charge is -2.17. The summed E-state index contributed by atoms with van der Waals surface area (Å²) in [6.07, 6.45) is 2.37. The van der Waals surface area contributed by atoms with Crippen LogP contribution in [0.2, 0.25) is 0 Å². The van der Waals surface area contributed by atoms with Crippen LogP contribution in [0, 0.1) is 0 Å². The zero-order valence-corrected chi connectivity index (χ0v) is 19.8. The molecule has 0 spiro atoms. The fourth-order valence-electron chi connectivity index (χ4n) is 4.32. The quantitative estimate of drug-likeness (QED) is 0.444. The number of aromatic nitrogens is 2. The number of hydrogen-bond acceptors (Lipinski definition) is 6. The normalized spacial score (nSPS) is 16.1. The SMILES string of the molecule is COc1ccc(-c2cc3ncn(CC(=O)N[C@H]4CCN(Cc5ccccc5)C4)c(=O)c3s2)cc1. The molecule has 1 amide bonds. The van der Waals surface area contributed by atoms with E-state index in [-0.39, 0.29) is 24.1 Å². The van der Waals surface area contributed by atoms with Gasteiger partial charge < -0.3 is 10.1 Å². The third-order valence-electron chi connectivity index (χ3n) is 6.08. The molecular formula is C26H26N4O3S. The minimum absolute atomic E-state index is 0.0350. The van der Waals surface area contributed by atoms with Gasteiger partial charge in [0.15, 0.2) is 0 Å². The Kier molecular flexibility index (Phi) is 6.42. The number of likely N-dealkylation sites (tertiary alicyclic amines) is 1. The molecule has 1 saturated heterocycles. The largest absolute Gasteiger partial charge is 0.497 e. The van der Waals surface area contributed by atoms with Gasteiger partial charge in [-0.15, -0.1) is 11.3 Å². The Morgan fingerprint density at radius 3 is 2.74 bits per heavy atom. The van der Waals surface area contributed by atoms with Gasteiger partial charge in [0.05, 0.1) is 19.0 Å². The van der Waals surface area contributed by atoms with E-state index in [1.807, 2.05) is 48.5 Å². The monoisotopic (exact) mass is 474 g/mol. The molecule has 3 heterocycles. The summed E-state index contributed by atoms with van der Waals surface area (Å²) in [7, 11) is 1.63. The molecule has 0 saturated carbocycles. The van der Waals surface area contributed by atoms with Crippen LogP contribution < -0.4 is 15.6 Å².